The maximum atomic E-state index is 11.2. The highest BCUT2D eigenvalue weighted by Crippen LogP contribution is 2.20. The Bertz CT molecular complexity index is 237. The van der Waals surface area contributed by atoms with Crippen LogP contribution in [0.5, 0.6) is 0 Å². The highest BCUT2D eigenvalue weighted by Gasteiger charge is 2.32. The van der Waals surface area contributed by atoms with Crippen molar-refractivity contribution in [2.45, 2.75) is 17.7 Å². The molecule has 5 heteroatoms. The zero-order chi connectivity index (χ0) is 10.7. The summed E-state index contributed by atoms with van der Waals surface area (Å²) in [4.78, 5) is 13.7. The van der Waals surface area contributed by atoms with Crippen LogP contribution in [0.4, 0.5) is 0 Å². The molecule has 2 saturated heterocycles. The largest absolute Gasteiger partial charge is 0.355 e. The molecule has 2 atom stereocenters. The molecular formula is C10H19N3OS. The van der Waals surface area contributed by atoms with Gasteiger partial charge in [0.25, 0.3) is 0 Å². The number of carbonyl (C=O) groups excluding carboxylic acids is 1. The number of hydrogen-bond donors (Lipinski definition) is 2. The Morgan fingerprint density at radius 2 is 2.27 bits per heavy atom. The van der Waals surface area contributed by atoms with Gasteiger partial charge in [-0.05, 0) is 6.26 Å². The van der Waals surface area contributed by atoms with E-state index in [-0.39, 0.29) is 5.91 Å². The lowest BCUT2D eigenvalue weighted by Crippen LogP contribution is -2.43. The summed E-state index contributed by atoms with van der Waals surface area (Å²) in [5.74, 6) is 0.198. The minimum Gasteiger partial charge on any atom is -0.355 e. The molecule has 0 aromatic rings. The van der Waals surface area contributed by atoms with E-state index >= 15 is 0 Å². The van der Waals surface area contributed by atoms with E-state index in [9.17, 15) is 4.79 Å². The minimum atomic E-state index is 0.198. The molecule has 0 spiro atoms. The monoisotopic (exact) mass is 229 g/mol. The van der Waals surface area contributed by atoms with E-state index in [1.165, 1.54) is 0 Å². The molecule has 2 unspecified atom stereocenters. The first-order chi connectivity index (χ1) is 7.31. The van der Waals surface area contributed by atoms with Crippen molar-refractivity contribution >= 4 is 17.7 Å². The highest BCUT2D eigenvalue weighted by atomic mass is 32.2. The fourth-order valence-electron chi connectivity index (χ4n) is 2.36. The predicted molar refractivity (Wildman–Crippen MR) is 63.2 cm³/mol. The lowest BCUT2D eigenvalue weighted by Gasteiger charge is -2.29. The molecule has 2 fully saturated rings. The topological polar surface area (TPSA) is 44.4 Å². The number of nitrogens with zero attached hydrogens (tertiary/aromatic N) is 1. The van der Waals surface area contributed by atoms with Crippen LogP contribution in [0, 0.1) is 0 Å². The van der Waals surface area contributed by atoms with Crippen LogP contribution in [-0.4, -0.2) is 61.1 Å². The van der Waals surface area contributed by atoms with Crippen molar-refractivity contribution in [2.75, 3.05) is 39.0 Å². The Balaban J connectivity index is 1.94. The van der Waals surface area contributed by atoms with Gasteiger partial charge < -0.3 is 10.6 Å². The van der Waals surface area contributed by atoms with Gasteiger partial charge in [-0.15, -0.1) is 0 Å². The minimum absolute atomic E-state index is 0.198. The summed E-state index contributed by atoms with van der Waals surface area (Å²) < 4.78 is 0. The van der Waals surface area contributed by atoms with Gasteiger partial charge in [0.15, 0.2) is 0 Å². The number of hydrogen-bond acceptors (Lipinski definition) is 4. The van der Waals surface area contributed by atoms with Gasteiger partial charge in [0.05, 0.1) is 0 Å². The van der Waals surface area contributed by atoms with Crippen molar-refractivity contribution < 1.29 is 4.79 Å². The summed E-state index contributed by atoms with van der Waals surface area (Å²) in [7, 11) is 0. The molecule has 0 aromatic carbocycles. The third-order valence-electron chi connectivity index (χ3n) is 3.25. The van der Waals surface area contributed by atoms with Crippen molar-refractivity contribution in [3.05, 3.63) is 0 Å². The number of rotatable bonds is 2. The molecule has 0 aliphatic carbocycles. The smallest absolute Gasteiger partial charge is 0.221 e. The van der Waals surface area contributed by atoms with Crippen molar-refractivity contribution in [1.29, 1.82) is 0 Å². The van der Waals surface area contributed by atoms with Gasteiger partial charge in [-0.3, -0.25) is 9.69 Å². The van der Waals surface area contributed by atoms with E-state index in [0.717, 1.165) is 32.7 Å². The van der Waals surface area contributed by atoms with E-state index in [2.05, 4.69) is 21.8 Å². The molecule has 2 rings (SSSR count). The Kier molecular flexibility index (Phi) is 3.88. The Hall–Kier alpha value is -0.260. The van der Waals surface area contributed by atoms with Crippen molar-refractivity contribution in [3.8, 4) is 0 Å². The van der Waals surface area contributed by atoms with Crippen LogP contribution in [0.15, 0.2) is 0 Å². The molecule has 0 radical (unpaired) electrons. The lowest BCUT2D eigenvalue weighted by atomic mass is 10.2. The molecule has 0 saturated carbocycles. The lowest BCUT2D eigenvalue weighted by molar-refractivity contribution is -0.120. The second-order valence-electron chi connectivity index (χ2n) is 4.14. The normalized spacial score (nSPS) is 33.8. The Labute approximate surface area is 95.2 Å². The van der Waals surface area contributed by atoms with Crippen LogP contribution < -0.4 is 10.6 Å². The predicted octanol–water partition coefficient (Wildman–Crippen LogP) is -0.488. The molecule has 2 N–H and O–H groups in total. The summed E-state index contributed by atoms with van der Waals surface area (Å²) in [6.45, 7) is 4.88. The summed E-state index contributed by atoms with van der Waals surface area (Å²) >= 11 is 1.93. The number of carbonyl (C=O) groups is 1. The average molecular weight is 229 g/mol. The van der Waals surface area contributed by atoms with Gasteiger partial charge in [-0.2, -0.15) is 11.8 Å². The van der Waals surface area contributed by atoms with Crippen molar-refractivity contribution in [3.63, 3.8) is 0 Å². The maximum Gasteiger partial charge on any atom is 0.221 e. The Morgan fingerprint density at radius 1 is 1.40 bits per heavy atom. The molecule has 2 aliphatic heterocycles. The van der Waals surface area contributed by atoms with Crippen LogP contribution >= 0.6 is 11.8 Å². The van der Waals surface area contributed by atoms with Crippen LogP contribution in [0.2, 0.25) is 0 Å². The van der Waals surface area contributed by atoms with Gasteiger partial charge in [0, 0.05) is 50.4 Å². The van der Waals surface area contributed by atoms with Crippen molar-refractivity contribution in [1.82, 2.24) is 15.5 Å². The summed E-state index contributed by atoms with van der Waals surface area (Å²) in [6, 6.07) is 0.604. The molecule has 1 amide bonds. The summed E-state index contributed by atoms with van der Waals surface area (Å²) in [5, 5.41) is 7.04. The van der Waals surface area contributed by atoms with Gasteiger partial charge in [0.1, 0.15) is 0 Å². The third-order valence-corrected chi connectivity index (χ3v) is 4.33. The van der Waals surface area contributed by atoms with Crippen LogP contribution in [0.1, 0.15) is 6.42 Å². The number of amides is 1. The zero-order valence-corrected chi connectivity index (χ0v) is 9.98. The third kappa shape index (κ3) is 2.65. The summed E-state index contributed by atoms with van der Waals surface area (Å²) in [6.07, 6.45) is 2.82. The molecule has 0 bridgehead atoms. The molecule has 86 valence electrons. The quantitative estimate of drug-likeness (QED) is 0.671. The highest BCUT2D eigenvalue weighted by molar-refractivity contribution is 7.99. The molecule has 15 heavy (non-hydrogen) atoms. The van der Waals surface area contributed by atoms with E-state index in [1.807, 2.05) is 11.8 Å². The molecule has 0 aromatic heterocycles. The molecule has 4 nitrogen and oxygen atoms in total. The van der Waals surface area contributed by atoms with E-state index in [4.69, 9.17) is 0 Å². The molecular weight excluding hydrogens is 210 g/mol. The van der Waals surface area contributed by atoms with Gasteiger partial charge in [-0.25, -0.2) is 0 Å². The summed E-state index contributed by atoms with van der Waals surface area (Å²) in [5.41, 5.74) is 0. The van der Waals surface area contributed by atoms with Crippen LogP contribution in [0.25, 0.3) is 0 Å². The fourth-order valence-corrected chi connectivity index (χ4v) is 3.23. The van der Waals surface area contributed by atoms with E-state index in [0.29, 0.717) is 17.7 Å². The second-order valence-corrected chi connectivity index (χ2v) is 5.21. The molecule has 2 heterocycles. The standard InChI is InChI=1S/C10H19N3OS/c1-15-9-7-11-6-8(9)13-4-2-10(14)12-3-5-13/h8-9,11H,2-7H2,1H3,(H,12,14). The first kappa shape index (κ1) is 11.2. The second kappa shape index (κ2) is 5.18. The van der Waals surface area contributed by atoms with Gasteiger partial charge in [0.2, 0.25) is 5.91 Å². The maximum absolute atomic E-state index is 11.2. The number of nitrogens with one attached hydrogen (secondary N) is 2. The zero-order valence-electron chi connectivity index (χ0n) is 9.16. The number of thioether (sulfide) groups is 1. The van der Waals surface area contributed by atoms with Gasteiger partial charge >= 0.3 is 0 Å². The fraction of sp³-hybridized carbons (Fsp3) is 0.900. The van der Waals surface area contributed by atoms with E-state index < -0.39 is 0 Å². The SMILES string of the molecule is CSC1CNCC1N1CCNC(=O)CC1. The molecule has 2 aliphatic rings. The van der Waals surface area contributed by atoms with Gasteiger partial charge in [-0.1, -0.05) is 0 Å². The van der Waals surface area contributed by atoms with E-state index in [1.54, 1.807) is 0 Å². The van der Waals surface area contributed by atoms with Crippen LogP contribution in [0.3, 0.4) is 0 Å². The van der Waals surface area contributed by atoms with Crippen LogP contribution in [-0.2, 0) is 4.79 Å². The average Bonchev–Trinajstić information content (AvgIpc) is 2.61. The first-order valence-electron chi connectivity index (χ1n) is 5.55. The first-order valence-corrected chi connectivity index (χ1v) is 6.84. The van der Waals surface area contributed by atoms with Crippen molar-refractivity contribution in [2.24, 2.45) is 0 Å². The Morgan fingerprint density at radius 3 is 3.07 bits per heavy atom.